The summed E-state index contributed by atoms with van der Waals surface area (Å²) in [4.78, 5) is 41.6. The number of esters is 1. The monoisotopic (exact) mass is 458 g/mol. The van der Waals surface area contributed by atoms with Gasteiger partial charge in [0.05, 0.1) is 31.4 Å². The molecule has 0 aliphatic carbocycles. The quantitative estimate of drug-likeness (QED) is 0.356. The Labute approximate surface area is 189 Å². The van der Waals surface area contributed by atoms with Crippen molar-refractivity contribution in [3.05, 3.63) is 63.7 Å². The molecule has 168 valence electrons. The van der Waals surface area contributed by atoms with Gasteiger partial charge in [-0.2, -0.15) is 0 Å². The van der Waals surface area contributed by atoms with Gasteiger partial charge < -0.3 is 14.2 Å². The van der Waals surface area contributed by atoms with Crippen LogP contribution in [0.3, 0.4) is 0 Å². The molecule has 0 amide bonds. The van der Waals surface area contributed by atoms with Crippen molar-refractivity contribution in [1.82, 2.24) is 9.55 Å². The summed E-state index contributed by atoms with van der Waals surface area (Å²) in [6.45, 7) is 1.79. The molecule has 0 fully saturated rings. The van der Waals surface area contributed by atoms with Gasteiger partial charge in [0.2, 0.25) is 5.78 Å². The number of aromatic nitrogens is 2. The Kier molecular flexibility index (Phi) is 7.48. The number of fused-ring (bicyclic) bond motifs is 1. The Morgan fingerprint density at radius 2 is 1.75 bits per heavy atom. The number of hydrogen-bond acceptors (Lipinski definition) is 7. The SMILES string of the molecule is COc1cc2ncn(CCCC(=O)O[C@@H](C)C(=O)c3ccc(Cl)cc3)c(=O)c2cc1OC. The summed E-state index contributed by atoms with van der Waals surface area (Å²) >= 11 is 5.82. The number of carbonyl (C=O) groups is 2. The molecule has 0 unspecified atom stereocenters. The average molecular weight is 459 g/mol. The lowest BCUT2D eigenvalue weighted by Gasteiger charge is -2.13. The second-order valence-corrected chi connectivity index (χ2v) is 7.51. The number of aryl methyl sites for hydroxylation is 1. The summed E-state index contributed by atoms with van der Waals surface area (Å²) in [7, 11) is 3.00. The normalized spacial score (nSPS) is 11.8. The Balaban J connectivity index is 1.60. The van der Waals surface area contributed by atoms with E-state index in [1.165, 1.54) is 32.0 Å². The van der Waals surface area contributed by atoms with E-state index >= 15 is 0 Å². The Morgan fingerprint density at radius 1 is 1.09 bits per heavy atom. The number of hydrogen-bond donors (Lipinski definition) is 0. The molecule has 3 rings (SSSR count). The van der Waals surface area contributed by atoms with Crippen molar-refractivity contribution in [3.63, 3.8) is 0 Å². The summed E-state index contributed by atoms with van der Waals surface area (Å²) in [5.74, 6) is 0.0802. The predicted octanol–water partition coefficient (Wildman–Crippen LogP) is 3.66. The van der Waals surface area contributed by atoms with E-state index in [2.05, 4.69) is 4.98 Å². The molecule has 8 nitrogen and oxygen atoms in total. The van der Waals surface area contributed by atoms with Crippen molar-refractivity contribution >= 4 is 34.3 Å². The van der Waals surface area contributed by atoms with Crippen LogP contribution in [0.1, 0.15) is 30.1 Å². The van der Waals surface area contributed by atoms with Crippen LogP contribution in [0.4, 0.5) is 0 Å². The first-order chi connectivity index (χ1) is 15.3. The van der Waals surface area contributed by atoms with E-state index in [4.69, 9.17) is 25.8 Å². The van der Waals surface area contributed by atoms with Gasteiger partial charge in [-0.25, -0.2) is 4.98 Å². The molecule has 0 aliphatic rings. The number of nitrogens with zero attached hydrogens (tertiary/aromatic N) is 2. The molecule has 2 aromatic carbocycles. The molecule has 0 saturated heterocycles. The lowest BCUT2D eigenvalue weighted by Crippen LogP contribution is -2.25. The van der Waals surface area contributed by atoms with Gasteiger partial charge in [0.15, 0.2) is 17.6 Å². The highest BCUT2D eigenvalue weighted by Gasteiger charge is 2.19. The molecule has 0 spiro atoms. The maximum atomic E-state index is 12.8. The molecule has 0 aliphatic heterocycles. The molecule has 1 aromatic heterocycles. The number of benzene rings is 2. The van der Waals surface area contributed by atoms with E-state index in [1.807, 2.05) is 0 Å². The number of ketones is 1. The third-order valence-corrected chi connectivity index (χ3v) is 5.17. The summed E-state index contributed by atoms with van der Waals surface area (Å²) in [5.41, 5.74) is 0.643. The molecule has 0 N–H and O–H groups in total. The fourth-order valence-electron chi connectivity index (χ4n) is 3.20. The van der Waals surface area contributed by atoms with Gasteiger partial charge in [-0.1, -0.05) is 11.6 Å². The first-order valence-electron chi connectivity index (χ1n) is 9.94. The summed E-state index contributed by atoms with van der Waals surface area (Å²) < 4.78 is 17.1. The van der Waals surface area contributed by atoms with Crippen LogP contribution in [0.2, 0.25) is 5.02 Å². The second kappa shape index (κ2) is 10.3. The number of Topliss-reactive ketones (excluding diaryl/α,β-unsaturated/α-hetero) is 1. The molecule has 1 heterocycles. The third kappa shape index (κ3) is 5.26. The fourth-order valence-corrected chi connectivity index (χ4v) is 3.32. The fraction of sp³-hybridized carbons (Fsp3) is 0.304. The maximum Gasteiger partial charge on any atom is 0.306 e. The van der Waals surface area contributed by atoms with E-state index in [-0.39, 0.29) is 24.3 Å². The van der Waals surface area contributed by atoms with Crippen molar-refractivity contribution in [2.24, 2.45) is 0 Å². The average Bonchev–Trinajstić information content (AvgIpc) is 2.79. The van der Waals surface area contributed by atoms with Crippen molar-refractivity contribution in [1.29, 1.82) is 0 Å². The summed E-state index contributed by atoms with van der Waals surface area (Å²) in [6, 6.07) is 9.58. The molecule has 1 atom stereocenters. The predicted molar refractivity (Wildman–Crippen MR) is 120 cm³/mol. The largest absolute Gasteiger partial charge is 0.493 e. The van der Waals surface area contributed by atoms with E-state index < -0.39 is 12.1 Å². The van der Waals surface area contributed by atoms with Crippen LogP contribution in [0.15, 0.2) is 47.5 Å². The number of ether oxygens (including phenoxy) is 3. The lowest BCUT2D eigenvalue weighted by atomic mass is 10.1. The van der Waals surface area contributed by atoms with Gasteiger partial charge in [-0.3, -0.25) is 19.0 Å². The summed E-state index contributed by atoms with van der Waals surface area (Å²) in [6.07, 6.45) is 0.904. The molecular weight excluding hydrogens is 436 g/mol. The van der Waals surface area contributed by atoms with Crippen LogP contribution >= 0.6 is 11.6 Å². The van der Waals surface area contributed by atoms with Gasteiger partial charge in [-0.15, -0.1) is 0 Å². The van der Waals surface area contributed by atoms with Crippen LogP contribution in [0.5, 0.6) is 11.5 Å². The van der Waals surface area contributed by atoms with Crippen molar-refractivity contribution in [3.8, 4) is 11.5 Å². The van der Waals surface area contributed by atoms with E-state index in [0.29, 0.717) is 39.4 Å². The third-order valence-electron chi connectivity index (χ3n) is 4.92. The number of carbonyl (C=O) groups excluding carboxylic acids is 2. The Morgan fingerprint density at radius 3 is 2.41 bits per heavy atom. The smallest absolute Gasteiger partial charge is 0.306 e. The molecule has 3 aromatic rings. The van der Waals surface area contributed by atoms with E-state index in [9.17, 15) is 14.4 Å². The highest BCUT2D eigenvalue weighted by atomic mass is 35.5. The highest BCUT2D eigenvalue weighted by Crippen LogP contribution is 2.29. The van der Waals surface area contributed by atoms with E-state index in [1.54, 1.807) is 36.4 Å². The highest BCUT2D eigenvalue weighted by molar-refractivity contribution is 6.30. The van der Waals surface area contributed by atoms with Crippen LogP contribution in [0.25, 0.3) is 10.9 Å². The Hall–Kier alpha value is -3.39. The van der Waals surface area contributed by atoms with Gasteiger partial charge in [0, 0.05) is 29.6 Å². The first-order valence-corrected chi connectivity index (χ1v) is 10.3. The second-order valence-electron chi connectivity index (χ2n) is 7.07. The topological polar surface area (TPSA) is 96.7 Å². The standard InChI is InChI=1S/C23H23ClN2O6/c1-14(22(28)15-6-8-16(24)9-7-15)32-21(27)5-4-10-26-13-25-18-12-20(31-3)19(30-2)11-17(18)23(26)29/h6-9,11-14H,4-5,10H2,1-3H3/t14-/m0/s1. The zero-order valence-electron chi connectivity index (χ0n) is 18.0. The Bertz CT molecular complexity index is 1190. The van der Waals surface area contributed by atoms with Crippen molar-refractivity contribution in [2.75, 3.05) is 14.2 Å². The summed E-state index contributed by atoms with van der Waals surface area (Å²) in [5, 5.41) is 0.900. The van der Waals surface area contributed by atoms with Gasteiger partial charge in [0.1, 0.15) is 0 Å². The molecule has 0 bridgehead atoms. The molecule has 32 heavy (non-hydrogen) atoms. The minimum absolute atomic E-state index is 0.0502. The minimum atomic E-state index is -0.920. The molecule has 0 saturated carbocycles. The van der Waals surface area contributed by atoms with Crippen LogP contribution < -0.4 is 15.0 Å². The van der Waals surface area contributed by atoms with Crippen LogP contribution in [-0.2, 0) is 16.1 Å². The lowest BCUT2D eigenvalue weighted by molar-refractivity contribution is -0.146. The van der Waals surface area contributed by atoms with Gasteiger partial charge in [0.25, 0.3) is 5.56 Å². The molecule has 9 heteroatoms. The molecule has 0 radical (unpaired) electrons. The van der Waals surface area contributed by atoms with Crippen LogP contribution in [0, 0.1) is 0 Å². The van der Waals surface area contributed by atoms with Gasteiger partial charge >= 0.3 is 5.97 Å². The first kappa shape index (κ1) is 23.3. The van der Waals surface area contributed by atoms with Gasteiger partial charge in [-0.05, 0) is 43.7 Å². The van der Waals surface area contributed by atoms with Crippen LogP contribution in [-0.4, -0.2) is 41.6 Å². The molecular formula is C23H23ClN2O6. The van der Waals surface area contributed by atoms with Crippen molar-refractivity contribution in [2.45, 2.75) is 32.4 Å². The minimum Gasteiger partial charge on any atom is -0.493 e. The maximum absolute atomic E-state index is 12.8. The van der Waals surface area contributed by atoms with E-state index in [0.717, 1.165) is 0 Å². The number of methoxy groups -OCH3 is 2. The number of rotatable bonds is 9. The zero-order chi connectivity index (χ0) is 23.3. The zero-order valence-corrected chi connectivity index (χ0v) is 18.7. The van der Waals surface area contributed by atoms with Crippen molar-refractivity contribution < 1.29 is 23.8 Å². The number of halogens is 1.